The molecule has 11 nitrogen and oxygen atoms in total. The topological polar surface area (TPSA) is 129 Å². The van der Waals surface area contributed by atoms with Crippen molar-refractivity contribution in [2.75, 3.05) is 11.9 Å². The van der Waals surface area contributed by atoms with Crippen LogP contribution in [0.15, 0.2) is 33.9 Å². The SMILES string of the molecule is CCCn1c(=O)c2[nH]c(-c3cc(NC(=O)COc4ccc(Cl)cc4C)nn3C)nc2n(CCC)c1=O. The van der Waals surface area contributed by atoms with Crippen molar-refractivity contribution in [2.45, 2.75) is 46.7 Å². The molecule has 36 heavy (non-hydrogen) atoms. The van der Waals surface area contributed by atoms with E-state index in [1.165, 1.54) is 13.8 Å². The standard InChI is InChI=1S/C24H28ClN7O4/c1-5-9-31-22-20(23(34)32(10-6-2)24(31)35)27-21(28-22)16-12-18(29-30(16)4)26-19(33)13-36-17-8-7-15(25)11-14(17)3/h7-8,11-12H,5-6,9-10,13H2,1-4H3,(H,27,28)(H,26,29,33). The Morgan fingerprint density at radius 3 is 2.56 bits per heavy atom. The van der Waals surface area contributed by atoms with Gasteiger partial charge in [0.1, 0.15) is 17.0 Å². The van der Waals surface area contributed by atoms with E-state index in [0.717, 1.165) is 5.56 Å². The number of H-pyrrole nitrogens is 1. The highest BCUT2D eigenvalue weighted by Gasteiger charge is 2.20. The summed E-state index contributed by atoms with van der Waals surface area (Å²) >= 11 is 5.95. The second-order valence-corrected chi connectivity index (χ2v) is 8.90. The van der Waals surface area contributed by atoms with Crippen LogP contribution in [0.5, 0.6) is 5.75 Å². The Morgan fingerprint density at radius 2 is 1.86 bits per heavy atom. The summed E-state index contributed by atoms with van der Waals surface area (Å²) in [4.78, 5) is 46.0. The summed E-state index contributed by atoms with van der Waals surface area (Å²) in [7, 11) is 1.69. The zero-order valence-corrected chi connectivity index (χ0v) is 21.3. The molecular formula is C24H28ClN7O4. The Hall–Kier alpha value is -3.86. The molecule has 0 saturated carbocycles. The minimum atomic E-state index is -0.409. The van der Waals surface area contributed by atoms with E-state index in [1.807, 2.05) is 20.8 Å². The van der Waals surface area contributed by atoms with Crippen LogP contribution < -0.4 is 21.3 Å². The second kappa shape index (κ2) is 10.4. The first-order valence-electron chi connectivity index (χ1n) is 11.7. The van der Waals surface area contributed by atoms with E-state index in [0.29, 0.717) is 59.7 Å². The second-order valence-electron chi connectivity index (χ2n) is 8.46. The van der Waals surface area contributed by atoms with Gasteiger partial charge in [-0.15, -0.1) is 0 Å². The van der Waals surface area contributed by atoms with Gasteiger partial charge in [0.15, 0.2) is 23.9 Å². The van der Waals surface area contributed by atoms with Crippen molar-refractivity contribution in [3.8, 4) is 17.3 Å². The lowest BCUT2D eigenvalue weighted by atomic mass is 10.2. The highest BCUT2D eigenvalue weighted by Crippen LogP contribution is 2.23. The third-order valence-electron chi connectivity index (χ3n) is 5.64. The number of aryl methyl sites for hydroxylation is 3. The van der Waals surface area contributed by atoms with Crippen LogP contribution in [-0.4, -0.2) is 41.4 Å². The van der Waals surface area contributed by atoms with E-state index in [9.17, 15) is 14.4 Å². The van der Waals surface area contributed by atoms with Crippen molar-refractivity contribution in [3.63, 3.8) is 0 Å². The predicted octanol–water partition coefficient (Wildman–Crippen LogP) is 3.09. The maximum Gasteiger partial charge on any atom is 0.332 e. The molecule has 12 heteroatoms. The first-order chi connectivity index (χ1) is 17.2. The number of ether oxygens (including phenoxy) is 1. The molecule has 0 radical (unpaired) electrons. The van der Waals surface area contributed by atoms with Gasteiger partial charge in [0.25, 0.3) is 11.5 Å². The number of aromatic amines is 1. The fourth-order valence-electron chi connectivity index (χ4n) is 3.98. The van der Waals surface area contributed by atoms with E-state index in [4.69, 9.17) is 16.3 Å². The van der Waals surface area contributed by atoms with Crippen LogP contribution in [0.2, 0.25) is 5.02 Å². The summed E-state index contributed by atoms with van der Waals surface area (Å²) in [6.07, 6.45) is 1.36. The molecule has 0 fully saturated rings. The molecule has 0 atom stereocenters. The van der Waals surface area contributed by atoms with Crippen LogP contribution in [0.4, 0.5) is 5.82 Å². The summed E-state index contributed by atoms with van der Waals surface area (Å²) in [6, 6.07) is 6.79. The van der Waals surface area contributed by atoms with Crippen LogP contribution in [0.25, 0.3) is 22.7 Å². The molecule has 4 rings (SSSR count). The molecule has 3 heterocycles. The van der Waals surface area contributed by atoms with Gasteiger partial charge in [0.05, 0.1) is 0 Å². The first kappa shape index (κ1) is 25.2. The number of fused-ring (bicyclic) bond motifs is 1. The number of hydrogen-bond donors (Lipinski definition) is 2. The molecule has 0 saturated heterocycles. The van der Waals surface area contributed by atoms with Gasteiger partial charge >= 0.3 is 5.69 Å². The summed E-state index contributed by atoms with van der Waals surface area (Å²) in [5.74, 6) is 0.830. The number of imidazole rings is 1. The molecule has 1 aromatic carbocycles. The third-order valence-corrected chi connectivity index (χ3v) is 5.88. The molecule has 0 spiro atoms. The zero-order chi connectivity index (χ0) is 26.0. The summed E-state index contributed by atoms with van der Waals surface area (Å²) in [5.41, 5.74) is 1.13. The van der Waals surface area contributed by atoms with Crippen LogP contribution in [0.3, 0.4) is 0 Å². The molecule has 190 valence electrons. The molecule has 2 N–H and O–H groups in total. The molecule has 0 bridgehead atoms. The quantitative estimate of drug-likeness (QED) is 0.354. The number of rotatable bonds is 9. The van der Waals surface area contributed by atoms with Crippen LogP contribution in [0.1, 0.15) is 32.3 Å². The summed E-state index contributed by atoms with van der Waals surface area (Å²) in [5, 5.41) is 7.62. The van der Waals surface area contributed by atoms with Gasteiger partial charge in [-0.05, 0) is 43.5 Å². The number of hydrogen-bond acceptors (Lipinski definition) is 6. The minimum Gasteiger partial charge on any atom is -0.483 e. The smallest absolute Gasteiger partial charge is 0.332 e. The molecule has 0 aliphatic carbocycles. The fourth-order valence-corrected chi connectivity index (χ4v) is 4.21. The Labute approximate surface area is 211 Å². The van der Waals surface area contributed by atoms with Gasteiger partial charge in [0.2, 0.25) is 0 Å². The maximum atomic E-state index is 13.0. The third kappa shape index (κ3) is 4.92. The first-order valence-corrected chi connectivity index (χ1v) is 12.1. The Bertz CT molecular complexity index is 1550. The highest BCUT2D eigenvalue weighted by molar-refractivity contribution is 6.30. The normalized spacial score (nSPS) is 11.2. The Balaban J connectivity index is 1.60. The van der Waals surface area contributed by atoms with E-state index in [-0.39, 0.29) is 17.8 Å². The fraction of sp³-hybridized carbons (Fsp3) is 0.375. The van der Waals surface area contributed by atoms with E-state index in [1.54, 1.807) is 31.3 Å². The molecule has 4 aromatic rings. The number of carbonyl (C=O) groups excluding carboxylic acids is 1. The number of nitrogens with zero attached hydrogens (tertiary/aromatic N) is 5. The minimum absolute atomic E-state index is 0.209. The lowest BCUT2D eigenvalue weighted by molar-refractivity contribution is -0.118. The maximum absolute atomic E-state index is 13.0. The molecular weight excluding hydrogens is 486 g/mol. The molecule has 0 aliphatic heterocycles. The largest absolute Gasteiger partial charge is 0.483 e. The van der Waals surface area contributed by atoms with E-state index < -0.39 is 11.5 Å². The van der Waals surface area contributed by atoms with E-state index >= 15 is 0 Å². The highest BCUT2D eigenvalue weighted by atomic mass is 35.5. The van der Waals surface area contributed by atoms with Crippen molar-refractivity contribution >= 4 is 34.5 Å². The van der Waals surface area contributed by atoms with Crippen molar-refractivity contribution in [3.05, 3.63) is 55.7 Å². The lowest BCUT2D eigenvalue weighted by Gasteiger charge is -2.09. The number of benzene rings is 1. The Morgan fingerprint density at radius 1 is 1.14 bits per heavy atom. The molecule has 1 amide bonds. The van der Waals surface area contributed by atoms with Crippen molar-refractivity contribution in [2.24, 2.45) is 7.05 Å². The number of halogens is 1. The number of nitrogens with one attached hydrogen (secondary N) is 2. The predicted molar refractivity (Wildman–Crippen MR) is 138 cm³/mol. The average Bonchev–Trinajstić information content (AvgIpc) is 3.42. The van der Waals surface area contributed by atoms with Crippen molar-refractivity contribution in [1.29, 1.82) is 0 Å². The monoisotopic (exact) mass is 513 g/mol. The molecule has 0 unspecified atom stereocenters. The molecule has 3 aromatic heterocycles. The van der Waals surface area contributed by atoms with Crippen LogP contribution in [0, 0.1) is 6.92 Å². The molecule has 0 aliphatic rings. The Kier molecular flexibility index (Phi) is 7.30. The van der Waals surface area contributed by atoms with Crippen molar-refractivity contribution in [1.82, 2.24) is 28.9 Å². The van der Waals surface area contributed by atoms with Crippen LogP contribution in [-0.2, 0) is 24.9 Å². The average molecular weight is 514 g/mol. The van der Waals surface area contributed by atoms with Gasteiger partial charge < -0.3 is 15.0 Å². The van der Waals surface area contributed by atoms with E-state index in [2.05, 4.69) is 20.4 Å². The number of aromatic nitrogens is 6. The summed E-state index contributed by atoms with van der Waals surface area (Å²) < 4.78 is 9.87. The van der Waals surface area contributed by atoms with Gasteiger partial charge in [-0.3, -0.25) is 23.4 Å². The number of anilines is 1. The van der Waals surface area contributed by atoms with Gasteiger partial charge in [-0.25, -0.2) is 9.78 Å². The van der Waals surface area contributed by atoms with Gasteiger partial charge in [-0.2, -0.15) is 5.10 Å². The number of amides is 1. The lowest BCUT2D eigenvalue weighted by Crippen LogP contribution is -2.40. The van der Waals surface area contributed by atoms with Gasteiger partial charge in [-0.1, -0.05) is 25.4 Å². The van der Waals surface area contributed by atoms with Gasteiger partial charge in [0, 0.05) is 31.2 Å². The van der Waals surface area contributed by atoms with Crippen LogP contribution >= 0.6 is 11.6 Å². The summed E-state index contributed by atoms with van der Waals surface area (Å²) in [6.45, 7) is 6.25. The zero-order valence-electron chi connectivity index (χ0n) is 20.6. The van der Waals surface area contributed by atoms with Crippen molar-refractivity contribution < 1.29 is 9.53 Å². The number of carbonyl (C=O) groups is 1.